The van der Waals surface area contributed by atoms with Crippen LogP contribution in [-0.4, -0.2) is 28.3 Å². The van der Waals surface area contributed by atoms with Gasteiger partial charge in [0.05, 0.1) is 15.7 Å². The Labute approximate surface area is 151 Å². The van der Waals surface area contributed by atoms with Gasteiger partial charge in [-0.15, -0.1) is 0 Å². The monoisotopic (exact) mass is 369 g/mol. The topological polar surface area (TPSA) is 75.5 Å². The molecule has 0 spiro atoms. The van der Waals surface area contributed by atoms with E-state index in [2.05, 4.69) is 10.1 Å². The van der Waals surface area contributed by atoms with Crippen LogP contribution < -0.4 is 5.73 Å². The van der Waals surface area contributed by atoms with Crippen LogP contribution in [0, 0.1) is 12.8 Å². The lowest BCUT2D eigenvalue weighted by molar-refractivity contribution is 0.158. The zero-order valence-electron chi connectivity index (χ0n) is 13.5. The molecule has 1 aromatic carbocycles. The van der Waals surface area contributed by atoms with E-state index >= 15 is 0 Å². The molecule has 1 aromatic heterocycles. The Morgan fingerprint density at radius 3 is 2.58 bits per heavy atom. The van der Waals surface area contributed by atoms with Crippen molar-refractivity contribution in [1.82, 2.24) is 10.1 Å². The molecule has 7 heteroatoms. The Bertz CT molecular complexity index is 712. The molecule has 0 saturated carbocycles. The number of hydrogen-bond acceptors (Lipinski definition) is 5. The minimum Gasteiger partial charge on any atom is -0.508 e. The van der Waals surface area contributed by atoms with Crippen molar-refractivity contribution in [1.29, 1.82) is 0 Å². The van der Waals surface area contributed by atoms with Gasteiger partial charge in [0.25, 0.3) is 0 Å². The number of aromatic hydroxyl groups is 1. The third-order valence-corrected chi connectivity index (χ3v) is 5.35. The first-order valence-electron chi connectivity index (χ1n) is 8.02. The van der Waals surface area contributed by atoms with Crippen LogP contribution >= 0.6 is 23.2 Å². The highest BCUT2D eigenvalue weighted by Crippen LogP contribution is 2.37. The highest BCUT2D eigenvalue weighted by atomic mass is 35.5. The van der Waals surface area contributed by atoms with Crippen LogP contribution in [0.4, 0.5) is 0 Å². The van der Waals surface area contributed by atoms with E-state index in [-0.39, 0.29) is 11.8 Å². The Hall–Kier alpha value is -1.27. The van der Waals surface area contributed by atoms with E-state index in [4.69, 9.17) is 33.5 Å². The highest BCUT2D eigenvalue weighted by molar-refractivity contribution is 6.42. The molecule has 3 N–H and O–H groups in total. The number of hydrogen-bond donors (Lipinski definition) is 2. The van der Waals surface area contributed by atoms with Crippen molar-refractivity contribution in [2.24, 2.45) is 11.7 Å². The fraction of sp³-hybridized carbons (Fsp3) is 0.471. The minimum absolute atomic E-state index is 0.109. The van der Waals surface area contributed by atoms with Crippen molar-refractivity contribution in [3.05, 3.63) is 45.3 Å². The average molecular weight is 370 g/mol. The number of phenolic OH excluding ortho intramolecular Hbond substituents is 1. The third-order valence-electron chi connectivity index (χ3n) is 4.63. The molecule has 0 radical (unpaired) electrons. The summed E-state index contributed by atoms with van der Waals surface area (Å²) in [6.45, 7) is 4.56. The number of rotatable bonds is 4. The van der Waals surface area contributed by atoms with Gasteiger partial charge in [0.1, 0.15) is 11.5 Å². The van der Waals surface area contributed by atoms with Crippen molar-refractivity contribution in [3.8, 4) is 5.75 Å². The van der Waals surface area contributed by atoms with Gasteiger partial charge in [-0.1, -0.05) is 28.4 Å². The second-order valence-electron chi connectivity index (χ2n) is 6.39. The molecule has 0 bridgehead atoms. The molecular weight excluding hydrogens is 349 g/mol. The molecular formula is C17H21Cl2N3O2. The van der Waals surface area contributed by atoms with Crippen molar-refractivity contribution in [2.45, 2.75) is 32.4 Å². The van der Waals surface area contributed by atoms with E-state index in [9.17, 15) is 5.11 Å². The largest absolute Gasteiger partial charge is 0.508 e. The first kappa shape index (κ1) is 17.5. The number of benzene rings is 1. The van der Waals surface area contributed by atoms with Gasteiger partial charge in [-0.25, -0.2) is 0 Å². The van der Waals surface area contributed by atoms with Gasteiger partial charge in [0, 0.05) is 30.3 Å². The summed E-state index contributed by atoms with van der Waals surface area (Å²) < 4.78 is 5.11. The van der Waals surface area contributed by atoms with Crippen LogP contribution in [0.25, 0.3) is 0 Å². The number of phenols is 1. The van der Waals surface area contributed by atoms with Gasteiger partial charge in [0.2, 0.25) is 0 Å². The molecule has 130 valence electrons. The van der Waals surface area contributed by atoms with Crippen molar-refractivity contribution >= 4 is 23.2 Å². The summed E-state index contributed by atoms with van der Waals surface area (Å²) in [5.74, 6) is 1.23. The van der Waals surface area contributed by atoms with Gasteiger partial charge >= 0.3 is 0 Å². The maximum Gasteiger partial charge on any atom is 0.133 e. The summed E-state index contributed by atoms with van der Waals surface area (Å²) in [5, 5.41) is 14.9. The lowest BCUT2D eigenvalue weighted by Gasteiger charge is -2.34. The predicted molar refractivity (Wildman–Crippen MR) is 94.3 cm³/mol. The van der Waals surface area contributed by atoms with Crippen LogP contribution in [0.2, 0.25) is 10.0 Å². The number of nitrogens with two attached hydrogens (primary N) is 1. The lowest BCUT2D eigenvalue weighted by Crippen LogP contribution is -2.37. The van der Waals surface area contributed by atoms with Crippen LogP contribution in [0.15, 0.2) is 22.7 Å². The van der Waals surface area contributed by atoms with E-state index in [1.165, 1.54) is 6.07 Å². The molecule has 0 amide bonds. The van der Waals surface area contributed by atoms with Crippen molar-refractivity contribution in [3.63, 3.8) is 0 Å². The van der Waals surface area contributed by atoms with Gasteiger partial charge < -0.3 is 15.4 Å². The molecule has 1 unspecified atom stereocenters. The molecule has 1 atom stereocenters. The normalized spacial score (nSPS) is 18.0. The summed E-state index contributed by atoms with van der Waals surface area (Å²) in [6, 6.07) is 4.84. The zero-order chi connectivity index (χ0) is 17.3. The fourth-order valence-electron chi connectivity index (χ4n) is 3.26. The Kier molecular flexibility index (Phi) is 5.35. The van der Waals surface area contributed by atoms with E-state index < -0.39 is 0 Å². The van der Waals surface area contributed by atoms with E-state index in [0.29, 0.717) is 21.5 Å². The van der Waals surface area contributed by atoms with Gasteiger partial charge in [0.15, 0.2) is 0 Å². The number of halogens is 2. The zero-order valence-corrected chi connectivity index (χ0v) is 15.0. The van der Waals surface area contributed by atoms with Gasteiger partial charge in [-0.2, -0.15) is 0 Å². The molecule has 5 nitrogen and oxygen atoms in total. The summed E-state index contributed by atoms with van der Waals surface area (Å²) in [7, 11) is 0. The molecule has 1 aliphatic heterocycles. The molecule has 1 aliphatic rings. The quantitative estimate of drug-likeness (QED) is 0.854. The van der Waals surface area contributed by atoms with E-state index in [1.54, 1.807) is 6.07 Å². The van der Waals surface area contributed by atoms with Gasteiger partial charge in [-0.3, -0.25) is 4.90 Å². The molecule has 1 saturated heterocycles. The summed E-state index contributed by atoms with van der Waals surface area (Å²) in [6.07, 6.45) is 1.91. The van der Waals surface area contributed by atoms with Crippen molar-refractivity contribution in [2.75, 3.05) is 13.1 Å². The number of piperidine rings is 1. The SMILES string of the molecule is Cc1cc(CN2CCC(C(N)c3cc(Cl)c(Cl)cc3O)CC2)no1. The predicted octanol–water partition coefficient (Wildman–Crippen LogP) is 3.91. The van der Waals surface area contributed by atoms with E-state index in [1.807, 2.05) is 13.0 Å². The number of likely N-dealkylation sites (tertiary alicyclic amines) is 1. The standard InChI is InChI=1S/C17H21Cl2N3O2/c1-10-6-12(21-24-10)9-22-4-2-11(3-5-22)17(20)13-7-14(18)15(19)8-16(13)23/h6-8,11,17,23H,2-5,9,20H2,1H3. The number of aryl methyl sites for hydroxylation is 1. The second-order valence-corrected chi connectivity index (χ2v) is 7.21. The van der Waals surface area contributed by atoms with E-state index in [0.717, 1.165) is 43.9 Å². The third kappa shape index (κ3) is 3.86. The Balaban J connectivity index is 1.61. The van der Waals surface area contributed by atoms with Gasteiger partial charge in [-0.05, 0) is 44.8 Å². The Morgan fingerprint density at radius 2 is 1.96 bits per heavy atom. The van der Waals surface area contributed by atoms with Crippen LogP contribution in [0.1, 0.15) is 35.9 Å². The molecule has 1 fully saturated rings. The smallest absolute Gasteiger partial charge is 0.133 e. The van der Waals surface area contributed by atoms with Crippen LogP contribution in [0.3, 0.4) is 0 Å². The molecule has 2 aromatic rings. The maximum atomic E-state index is 10.1. The molecule has 24 heavy (non-hydrogen) atoms. The van der Waals surface area contributed by atoms with Crippen LogP contribution in [0.5, 0.6) is 5.75 Å². The summed E-state index contributed by atoms with van der Waals surface area (Å²) in [5.41, 5.74) is 8.00. The lowest BCUT2D eigenvalue weighted by atomic mass is 9.85. The van der Waals surface area contributed by atoms with Crippen molar-refractivity contribution < 1.29 is 9.63 Å². The average Bonchev–Trinajstić information content (AvgIpc) is 2.96. The fourth-order valence-corrected chi connectivity index (χ4v) is 3.59. The summed E-state index contributed by atoms with van der Waals surface area (Å²) in [4.78, 5) is 2.34. The first-order chi connectivity index (χ1) is 11.4. The molecule has 0 aliphatic carbocycles. The summed E-state index contributed by atoms with van der Waals surface area (Å²) >= 11 is 12.0. The minimum atomic E-state index is -0.254. The highest BCUT2D eigenvalue weighted by Gasteiger charge is 2.27. The molecule has 2 heterocycles. The number of aromatic nitrogens is 1. The Morgan fingerprint density at radius 1 is 1.29 bits per heavy atom. The molecule has 3 rings (SSSR count). The first-order valence-corrected chi connectivity index (χ1v) is 8.77. The second kappa shape index (κ2) is 7.31. The van der Waals surface area contributed by atoms with Crippen LogP contribution in [-0.2, 0) is 6.54 Å². The maximum absolute atomic E-state index is 10.1. The number of nitrogens with zero attached hydrogens (tertiary/aromatic N) is 2.